The molecule has 192 valence electrons. The number of benzene rings is 2. The summed E-state index contributed by atoms with van der Waals surface area (Å²) in [5.74, 6) is 2.14. The number of hydrogen-bond acceptors (Lipinski definition) is 6. The summed E-state index contributed by atoms with van der Waals surface area (Å²) < 4.78 is 16.8. The van der Waals surface area contributed by atoms with Crippen molar-refractivity contribution in [1.82, 2.24) is 10.2 Å². The summed E-state index contributed by atoms with van der Waals surface area (Å²) in [6.45, 7) is 2.88. The van der Waals surface area contributed by atoms with Crippen LogP contribution >= 0.6 is 0 Å². The Morgan fingerprint density at radius 1 is 1.03 bits per heavy atom. The Morgan fingerprint density at radius 3 is 2.50 bits per heavy atom. The number of methoxy groups -OCH3 is 1. The lowest BCUT2D eigenvalue weighted by Gasteiger charge is -2.35. The van der Waals surface area contributed by atoms with Crippen LogP contribution < -0.4 is 24.8 Å². The summed E-state index contributed by atoms with van der Waals surface area (Å²) in [5, 5.41) is 6.37. The molecule has 0 aromatic heterocycles. The van der Waals surface area contributed by atoms with Gasteiger partial charge in [0.05, 0.1) is 24.9 Å². The zero-order chi connectivity index (χ0) is 25.0. The first kappa shape index (κ1) is 24.4. The SMILES string of the molecule is COc1ccccc1NC(=O)C1CCN(CC(=O)NC2(c3ccc4c(c3)OCCO4)CCCC2)CC1. The number of carbonyl (C=O) groups excluding carboxylic acids is 2. The van der Waals surface area contributed by atoms with Gasteiger partial charge < -0.3 is 24.8 Å². The van der Waals surface area contributed by atoms with Gasteiger partial charge in [-0.3, -0.25) is 14.5 Å². The summed E-state index contributed by atoms with van der Waals surface area (Å²) in [6, 6.07) is 13.5. The summed E-state index contributed by atoms with van der Waals surface area (Å²) in [6.07, 6.45) is 5.46. The topological polar surface area (TPSA) is 89.1 Å². The number of ether oxygens (including phenoxy) is 3. The third-order valence-corrected chi connectivity index (χ3v) is 7.62. The fourth-order valence-electron chi connectivity index (χ4n) is 5.65. The van der Waals surface area contributed by atoms with Gasteiger partial charge in [-0.25, -0.2) is 0 Å². The number of nitrogens with one attached hydrogen (secondary N) is 2. The molecule has 2 aromatic carbocycles. The number of rotatable bonds is 7. The number of carbonyl (C=O) groups is 2. The number of piperidine rings is 1. The molecule has 5 rings (SSSR count). The van der Waals surface area contributed by atoms with Gasteiger partial charge in [0.15, 0.2) is 11.5 Å². The molecule has 0 radical (unpaired) electrons. The zero-order valence-corrected chi connectivity index (χ0v) is 20.9. The quantitative estimate of drug-likeness (QED) is 0.612. The van der Waals surface area contributed by atoms with Crippen LogP contribution in [0.15, 0.2) is 42.5 Å². The van der Waals surface area contributed by atoms with Crippen LogP contribution in [0.1, 0.15) is 44.1 Å². The maximum absolute atomic E-state index is 13.2. The van der Waals surface area contributed by atoms with Gasteiger partial charge in [0.25, 0.3) is 0 Å². The number of amides is 2. The number of nitrogens with zero attached hydrogens (tertiary/aromatic N) is 1. The fourth-order valence-corrected chi connectivity index (χ4v) is 5.65. The molecular weight excluding hydrogens is 458 g/mol. The van der Waals surface area contributed by atoms with E-state index in [0.29, 0.717) is 44.3 Å². The molecule has 1 saturated heterocycles. The first-order valence-electron chi connectivity index (χ1n) is 12.9. The normalized spacial score (nSPS) is 19.5. The first-order chi connectivity index (χ1) is 17.6. The van der Waals surface area contributed by atoms with Crippen molar-refractivity contribution in [2.45, 2.75) is 44.1 Å². The van der Waals surface area contributed by atoms with E-state index in [0.717, 1.165) is 55.6 Å². The molecule has 0 unspecified atom stereocenters. The molecular formula is C28H35N3O5. The van der Waals surface area contributed by atoms with E-state index in [-0.39, 0.29) is 23.3 Å². The Labute approximate surface area is 212 Å². The van der Waals surface area contributed by atoms with Crippen LogP contribution in [0, 0.1) is 5.92 Å². The van der Waals surface area contributed by atoms with Gasteiger partial charge in [-0.1, -0.05) is 31.0 Å². The van der Waals surface area contributed by atoms with E-state index in [9.17, 15) is 9.59 Å². The van der Waals surface area contributed by atoms with E-state index >= 15 is 0 Å². The minimum absolute atomic E-state index is 0.00659. The van der Waals surface area contributed by atoms with Gasteiger partial charge in [-0.15, -0.1) is 0 Å². The highest BCUT2D eigenvalue weighted by Crippen LogP contribution is 2.42. The van der Waals surface area contributed by atoms with Crippen LogP contribution in [0.2, 0.25) is 0 Å². The van der Waals surface area contributed by atoms with Gasteiger partial charge in [0.2, 0.25) is 11.8 Å². The zero-order valence-electron chi connectivity index (χ0n) is 20.9. The van der Waals surface area contributed by atoms with Crippen molar-refractivity contribution in [2.24, 2.45) is 5.92 Å². The van der Waals surface area contributed by atoms with Crippen molar-refractivity contribution in [1.29, 1.82) is 0 Å². The van der Waals surface area contributed by atoms with Crippen LogP contribution in [0.3, 0.4) is 0 Å². The van der Waals surface area contributed by atoms with Crippen LogP contribution in [-0.2, 0) is 15.1 Å². The molecule has 1 aliphatic carbocycles. The molecule has 8 heteroatoms. The third kappa shape index (κ3) is 5.28. The van der Waals surface area contributed by atoms with E-state index in [2.05, 4.69) is 21.6 Å². The molecule has 36 heavy (non-hydrogen) atoms. The molecule has 2 fully saturated rings. The number of hydrogen-bond donors (Lipinski definition) is 2. The molecule has 0 atom stereocenters. The first-order valence-corrected chi connectivity index (χ1v) is 12.9. The maximum Gasteiger partial charge on any atom is 0.234 e. The van der Waals surface area contributed by atoms with Gasteiger partial charge >= 0.3 is 0 Å². The molecule has 3 aliphatic rings. The van der Waals surface area contributed by atoms with Crippen LogP contribution in [-0.4, -0.2) is 56.7 Å². The van der Waals surface area contributed by atoms with Crippen LogP contribution in [0.4, 0.5) is 5.69 Å². The molecule has 8 nitrogen and oxygen atoms in total. The number of para-hydroxylation sites is 2. The fraction of sp³-hybridized carbons (Fsp3) is 0.500. The van der Waals surface area contributed by atoms with Crippen molar-refractivity contribution < 1.29 is 23.8 Å². The maximum atomic E-state index is 13.2. The molecule has 2 heterocycles. The second-order valence-electron chi connectivity index (χ2n) is 9.94. The van der Waals surface area contributed by atoms with Crippen molar-refractivity contribution in [2.75, 3.05) is 45.3 Å². The Balaban J connectivity index is 1.15. The van der Waals surface area contributed by atoms with Crippen LogP contribution in [0.5, 0.6) is 17.2 Å². The summed E-state index contributed by atoms with van der Waals surface area (Å²) >= 11 is 0. The van der Waals surface area contributed by atoms with Crippen molar-refractivity contribution >= 4 is 17.5 Å². The molecule has 2 aromatic rings. The number of likely N-dealkylation sites (tertiary alicyclic amines) is 1. The minimum atomic E-state index is -0.361. The molecule has 2 N–H and O–H groups in total. The predicted octanol–water partition coefficient (Wildman–Crippen LogP) is 3.70. The smallest absolute Gasteiger partial charge is 0.234 e. The third-order valence-electron chi connectivity index (χ3n) is 7.62. The molecule has 1 saturated carbocycles. The molecule has 0 bridgehead atoms. The number of anilines is 1. The number of fused-ring (bicyclic) bond motifs is 1. The Hall–Kier alpha value is -3.26. The second kappa shape index (κ2) is 10.8. The van der Waals surface area contributed by atoms with E-state index in [1.54, 1.807) is 7.11 Å². The van der Waals surface area contributed by atoms with Gasteiger partial charge in [0, 0.05) is 5.92 Å². The standard InChI is InChI=1S/C28H35N3O5/c1-34-23-7-3-2-6-22(23)29-27(33)20-10-14-31(15-11-20)19-26(32)30-28(12-4-5-13-28)21-8-9-24-25(18-21)36-17-16-35-24/h2-3,6-9,18,20H,4-5,10-17,19H2,1H3,(H,29,33)(H,30,32). The summed E-state index contributed by atoms with van der Waals surface area (Å²) in [7, 11) is 1.60. The molecule has 0 spiro atoms. The van der Waals surface area contributed by atoms with Gasteiger partial charge in [-0.05, 0) is 68.6 Å². The predicted molar refractivity (Wildman–Crippen MR) is 137 cm³/mol. The van der Waals surface area contributed by atoms with E-state index in [1.807, 2.05) is 36.4 Å². The molecule has 2 amide bonds. The Morgan fingerprint density at radius 2 is 1.75 bits per heavy atom. The highest BCUT2D eigenvalue weighted by Gasteiger charge is 2.38. The van der Waals surface area contributed by atoms with E-state index in [4.69, 9.17) is 14.2 Å². The minimum Gasteiger partial charge on any atom is -0.495 e. The summed E-state index contributed by atoms with van der Waals surface area (Å²) in [4.78, 5) is 28.1. The van der Waals surface area contributed by atoms with Crippen molar-refractivity contribution in [3.63, 3.8) is 0 Å². The van der Waals surface area contributed by atoms with Crippen LogP contribution in [0.25, 0.3) is 0 Å². The second-order valence-corrected chi connectivity index (χ2v) is 9.94. The summed E-state index contributed by atoms with van der Waals surface area (Å²) in [5.41, 5.74) is 1.41. The lowest BCUT2D eigenvalue weighted by molar-refractivity contribution is -0.125. The largest absolute Gasteiger partial charge is 0.495 e. The van der Waals surface area contributed by atoms with Gasteiger partial charge in [0.1, 0.15) is 19.0 Å². The van der Waals surface area contributed by atoms with Crippen molar-refractivity contribution in [3.05, 3.63) is 48.0 Å². The Bertz CT molecular complexity index is 1090. The lowest BCUT2D eigenvalue weighted by Crippen LogP contribution is -2.49. The lowest BCUT2D eigenvalue weighted by atomic mass is 9.87. The van der Waals surface area contributed by atoms with Crippen molar-refractivity contribution in [3.8, 4) is 17.2 Å². The average Bonchev–Trinajstić information content (AvgIpc) is 3.38. The highest BCUT2D eigenvalue weighted by molar-refractivity contribution is 5.94. The van der Waals surface area contributed by atoms with Gasteiger partial charge in [-0.2, -0.15) is 0 Å². The Kier molecular flexibility index (Phi) is 7.32. The van der Waals surface area contributed by atoms with E-state index < -0.39 is 0 Å². The molecule has 2 aliphatic heterocycles. The highest BCUT2D eigenvalue weighted by atomic mass is 16.6. The monoisotopic (exact) mass is 493 g/mol. The average molecular weight is 494 g/mol. The van der Waals surface area contributed by atoms with E-state index in [1.165, 1.54) is 0 Å².